The molecule has 2 aliphatic heterocycles. The van der Waals surface area contributed by atoms with E-state index >= 15 is 0 Å². The highest BCUT2D eigenvalue weighted by molar-refractivity contribution is 5.78. The van der Waals surface area contributed by atoms with E-state index in [2.05, 4.69) is 14.9 Å². The lowest BCUT2D eigenvalue weighted by Gasteiger charge is -2.37. The second-order valence-corrected chi connectivity index (χ2v) is 5.32. The Morgan fingerprint density at radius 1 is 1.05 bits per heavy atom. The molecule has 0 atom stereocenters. The van der Waals surface area contributed by atoms with Gasteiger partial charge in [0.1, 0.15) is 0 Å². The molecule has 0 amide bonds. The molecule has 104 valence electrons. The number of ether oxygens (including phenoxy) is 2. The normalized spacial score (nSPS) is 21.7. The number of fused-ring (bicyclic) bond motifs is 1. The van der Waals surface area contributed by atoms with Crippen molar-refractivity contribution in [2.24, 2.45) is 0 Å². The van der Waals surface area contributed by atoms with Gasteiger partial charge in [0.15, 0.2) is 5.79 Å². The number of nitrogens with zero attached hydrogens (tertiary/aromatic N) is 3. The second kappa shape index (κ2) is 4.68. The average Bonchev–Trinajstić information content (AvgIpc) is 2.96. The van der Waals surface area contributed by atoms with Crippen LogP contribution in [0.4, 0.5) is 5.95 Å². The fourth-order valence-corrected chi connectivity index (χ4v) is 2.95. The van der Waals surface area contributed by atoms with Crippen molar-refractivity contribution in [3.63, 3.8) is 0 Å². The summed E-state index contributed by atoms with van der Waals surface area (Å²) in [4.78, 5) is 11.3. The summed E-state index contributed by atoms with van der Waals surface area (Å²) >= 11 is 0. The molecule has 1 aromatic heterocycles. The van der Waals surface area contributed by atoms with Crippen LogP contribution in [0.5, 0.6) is 0 Å². The number of para-hydroxylation sites is 1. The number of hydrogen-bond donors (Lipinski definition) is 0. The molecule has 5 heteroatoms. The Labute approximate surface area is 117 Å². The highest BCUT2D eigenvalue weighted by Crippen LogP contribution is 2.32. The molecular weight excluding hydrogens is 254 g/mol. The fraction of sp³-hybridized carbons (Fsp3) is 0.467. The van der Waals surface area contributed by atoms with Crippen LogP contribution in [0.3, 0.4) is 0 Å². The molecule has 0 radical (unpaired) electrons. The summed E-state index contributed by atoms with van der Waals surface area (Å²) in [5, 5.41) is 1.08. The van der Waals surface area contributed by atoms with Crippen LogP contribution in [0, 0.1) is 0 Å². The van der Waals surface area contributed by atoms with Gasteiger partial charge in [0.25, 0.3) is 0 Å². The maximum Gasteiger partial charge on any atom is 0.225 e. The molecule has 0 bridgehead atoms. The molecule has 3 heterocycles. The zero-order chi connectivity index (χ0) is 13.4. The van der Waals surface area contributed by atoms with E-state index in [1.165, 1.54) is 0 Å². The van der Waals surface area contributed by atoms with Gasteiger partial charge >= 0.3 is 0 Å². The zero-order valence-electron chi connectivity index (χ0n) is 11.3. The molecule has 4 rings (SSSR count). The van der Waals surface area contributed by atoms with Crippen molar-refractivity contribution in [3.05, 3.63) is 30.5 Å². The lowest BCUT2D eigenvalue weighted by atomic mass is 10.0. The SMILES string of the molecule is c1ccc2nc(N3CCC4(CC3)OCCO4)ncc2c1. The van der Waals surface area contributed by atoms with Gasteiger partial charge in [0, 0.05) is 37.5 Å². The predicted molar refractivity (Wildman–Crippen MR) is 75.6 cm³/mol. The molecule has 1 spiro atoms. The van der Waals surface area contributed by atoms with Crippen molar-refractivity contribution in [3.8, 4) is 0 Å². The van der Waals surface area contributed by atoms with Gasteiger partial charge in [0.2, 0.25) is 5.95 Å². The van der Waals surface area contributed by atoms with Gasteiger partial charge in [-0.25, -0.2) is 9.97 Å². The van der Waals surface area contributed by atoms with Crippen molar-refractivity contribution in [2.45, 2.75) is 18.6 Å². The number of benzene rings is 1. The molecule has 5 nitrogen and oxygen atoms in total. The average molecular weight is 271 g/mol. The lowest BCUT2D eigenvalue weighted by molar-refractivity contribution is -0.169. The number of aromatic nitrogens is 2. The number of anilines is 1. The molecule has 2 saturated heterocycles. The minimum absolute atomic E-state index is 0.340. The summed E-state index contributed by atoms with van der Waals surface area (Å²) in [6, 6.07) is 8.06. The maximum atomic E-state index is 5.75. The number of hydrogen-bond acceptors (Lipinski definition) is 5. The predicted octanol–water partition coefficient (Wildman–Crippen LogP) is 1.97. The van der Waals surface area contributed by atoms with E-state index in [9.17, 15) is 0 Å². The van der Waals surface area contributed by atoms with E-state index in [4.69, 9.17) is 9.47 Å². The van der Waals surface area contributed by atoms with E-state index in [0.717, 1.165) is 42.8 Å². The van der Waals surface area contributed by atoms with E-state index in [0.29, 0.717) is 13.2 Å². The Morgan fingerprint density at radius 2 is 1.80 bits per heavy atom. The molecule has 0 unspecified atom stereocenters. The molecule has 20 heavy (non-hydrogen) atoms. The Hall–Kier alpha value is -1.72. The van der Waals surface area contributed by atoms with Gasteiger partial charge in [-0.3, -0.25) is 0 Å². The van der Waals surface area contributed by atoms with Crippen LogP contribution in [0.15, 0.2) is 30.5 Å². The van der Waals surface area contributed by atoms with Gasteiger partial charge in [-0.1, -0.05) is 18.2 Å². The van der Waals surface area contributed by atoms with Gasteiger partial charge < -0.3 is 14.4 Å². The Bertz CT molecular complexity index is 615. The van der Waals surface area contributed by atoms with Crippen LogP contribution < -0.4 is 4.90 Å². The molecule has 2 aromatic rings. The topological polar surface area (TPSA) is 47.5 Å². The van der Waals surface area contributed by atoms with Crippen LogP contribution in [0.1, 0.15) is 12.8 Å². The van der Waals surface area contributed by atoms with Crippen molar-refractivity contribution < 1.29 is 9.47 Å². The standard InChI is InChI=1S/C15H17N3O2/c1-2-4-13-12(3-1)11-16-14(17-13)18-7-5-15(6-8-18)19-9-10-20-15/h1-4,11H,5-10H2. The van der Waals surface area contributed by atoms with Crippen molar-refractivity contribution >= 4 is 16.9 Å². The van der Waals surface area contributed by atoms with Crippen molar-refractivity contribution in [1.29, 1.82) is 0 Å². The third-order valence-corrected chi connectivity index (χ3v) is 4.10. The first-order valence-corrected chi connectivity index (χ1v) is 7.09. The highest BCUT2D eigenvalue weighted by atomic mass is 16.7. The quantitative estimate of drug-likeness (QED) is 0.793. The highest BCUT2D eigenvalue weighted by Gasteiger charge is 2.40. The first-order chi connectivity index (χ1) is 9.85. The van der Waals surface area contributed by atoms with E-state index in [1.807, 2.05) is 30.5 Å². The Balaban J connectivity index is 1.55. The third-order valence-electron chi connectivity index (χ3n) is 4.10. The zero-order valence-corrected chi connectivity index (χ0v) is 11.3. The molecule has 2 aliphatic rings. The van der Waals surface area contributed by atoms with Crippen LogP contribution in [-0.2, 0) is 9.47 Å². The van der Waals surface area contributed by atoms with Crippen molar-refractivity contribution in [2.75, 3.05) is 31.2 Å². The Morgan fingerprint density at radius 3 is 2.60 bits per heavy atom. The molecule has 0 aliphatic carbocycles. The van der Waals surface area contributed by atoms with Crippen LogP contribution >= 0.6 is 0 Å². The molecule has 0 saturated carbocycles. The summed E-state index contributed by atoms with van der Waals surface area (Å²) in [5.41, 5.74) is 0.992. The van der Waals surface area contributed by atoms with E-state index in [1.54, 1.807) is 0 Å². The van der Waals surface area contributed by atoms with Crippen LogP contribution in [0.25, 0.3) is 10.9 Å². The summed E-state index contributed by atoms with van der Waals surface area (Å²) in [5.74, 6) is 0.462. The summed E-state index contributed by atoms with van der Waals surface area (Å²) in [6.45, 7) is 3.18. The van der Waals surface area contributed by atoms with Crippen LogP contribution in [0.2, 0.25) is 0 Å². The lowest BCUT2D eigenvalue weighted by Crippen LogP contribution is -2.45. The minimum Gasteiger partial charge on any atom is -0.347 e. The summed E-state index contributed by atoms with van der Waals surface area (Å²) in [6.07, 6.45) is 3.65. The maximum absolute atomic E-state index is 5.75. The molecule has 2 fully saturated rings. The summed E-state index contributed by atoms with van der Waals surface area (Å²) < 4.78 is 11.5. The smallest absolute Gasteiger partial charge is 0.225 e. The molecule has 1 aromatic carbocycles. The number of piperidine rings is 1. The molecule has 0 N–H and O–H groups in total. The van der Waals surface area contributed by atoms with Gasteiger partial charge in [-0.15, -0.1) is 0 Å². The first-order valence-electron chi connectivity index (χ1n) is 7.09. The van der Waals surface area contributed by atoms with Gasteiger partial charge in [-0.2, -0.15) is 0 Å². The van der Waals surface area contributed by atoms with Gasteiger partial charge in [-0.05, 0) is 6.07 Å². The second-order valence-electron chi connectivity index (χ2n) is 5.32. The number of rotatable bonds is 1. The Kier molecular flexibility index (Phi) is 2.82. The van der Waals surface area contributed by atoms with Crippen LogP contribution in [-0.4, -0.2) is 42.1 Å². The summed E-state index contributed by atoms with van der Waals surface area (Å²) in [7, 11) is 0. The monoisotopic (exact) mass is 271 g/mol. The first kappa shape index (κ1) is 12.1. The molecular formula is C15H17N3O2. The van der Waals surface area contributed by atoms with E-state index < -0.39 is 0 Å². The fourth-order valence-electron chi connectivity index (χ4n) is 2.95. The minimum atomic E-state index is -0.340. The van der Waals surface area contributed by atoms with E-state index in [-0.39, 0.29) is 5.79 Å². The largest absolute Gasteiger partial charge is 0.347 e. The van der Waals surface area contributed by atoms with Crippen molar-refractivity contribution in [1.82, 2.24) is 9.97 Å². The third kappa shape index (κ3) is 2.03. The van der Waals surface area contributed by atoms with Gasteiger partial charge in [0.05, 0.1) is 18.7 Å².